The molecule has 3 aromatic carbocycles. The summed E-state index contributed by atoms with van der Waals surface area (Å²) >= 11 is 1.78. The second-order valence-electron chi connectivity index (χ2n) is 10.7. The third kappa shape index (κ3) is 5.57. The number of esters is 1. The van der Waals surface area contributed by atoms with E-state index in [1.807, 2.05) is 72.8 Å². The number of rotatable bonds is 13. The van der Waals surface area contributed by atoms with E-state index in [9.17, 15) is 14.5 Å². The zero-order chi connectivity index (χ0) is 31.3. The normalized spacial score (nSPS) is 22.2. The molecule has 0 saturated carbocycles. The number of urea groups is 1. The van der Waals surface area contributed by atoms with E-state index in [1.165, 1.54) is 14.2 Å². The molecule has 0 bridgehead atoms. The van der Waals surface area contributed by atoms with Gasteiger partial charge in [0.05, 0.1) is 30.7 Å². The first-order chi connectivity index (χ1) is 21.3. The number of methoxy groups -OCH3 is 3. The molecule has 3 aromatic rings. The summed E-state index contributed by atoms with van der Waals surface area (Å²) in [5.74, 6) is 0.427. The molecule has 0 aliphatic carbocycles. The molecule has 6 atom stereocenters. The highest BCUT2D eigenvalue weighted by Gasteiger charge is 2.66. The molecule has 10 nitrogen and oxygen atoms in total. The van der Waals surface area contributed by atoms with Crippen molar-refractivity contribution in [2.45, 2.75) is 47.3 Å². The van der Waals surface area contributed by atoms with Crippen molar-refractivity contribution in [1.29, 1.82) is 0 Å². The summed E-state index contributed by atoms with van der Waals surface area (Å²) in [6.07, 6.45) is 0.160. The number of para-hydroxylation sites is 1. The highest BCUT2D eigenvalue weighted by atomic mass is 32.2. The number of hydrogen-bond donors (Lipinski definition) is 4. The average Bonchev–Trinajstić information content (AvgIpc) is 3.60. The van der Waals surface area contributed by atoms with Crippen molar-refractivity contribution in [1.82, 2.24) is 10.6 Å². The lowest BCUT2D eigenvalue weighted by atomic mass is 9.56. The minimum atomic E-state index is -2.31. The van der Waals surface area contributed by atoms with Gasteiger partial charge in [0.15, 0.2) is 0 Å². The van der Waals surface area contributed by atoms with Crippen LogP contribution in [0.15, 0.2) is 84.9 Å². The van der Waals surface area contributed by atoms with Crippen molar-refractivity contribution in [3.05, 3.63) is 102 Å². The maximum absolute atomic E-state index is 14.6. The number of hydrogen-bond acceptors (Lipinski definition) is 9. The summed E-state index contributed by atoms with van der Waals surface area (Å²) in [5, 5.41) is 6.12. The Balaban J connectivity index is 1.77. The zero-order valence-corrected chi connectivity index (χ0v) is 26.6. The van der Waals surface area contributed by atoms with Crippen LogP contribution in [0.2, 0.25) is 0 Å². The van der Waals surface area contributed by atoms with E-state index in [2.05, 4.69) is 10.6 Å². The van der Waals surface area contributed by atoms with Crippen LogP contribution in [0.25, 0.3) is 0 Å². The number of benzene rings is 3. The fraction of sp³-hybridized carbons (Fsp3) is 0.375. The van der Waals surface area contributed by atoms with E-state index in [1.54, 1.807) is 31.0 Å². The molecule has 2 amide bonds. The van der Waals surface area contributed by atoms with Crippen LogP contribution in [0.5, 0.6) is 5.75 Å². The van der Waals surface area contributed by atoms with Crippen molar-refractivity contribution < 1.29 is 33.2 Å². The van der Waals surface area contributed by atoms with Gasteiger partial charge in [-0.3, -0.25) is 5.50 Å². The third-order valence-corrected chi connectivity index (χ3v) is 10.5. The topological polar surface area (TPSA) is 141 Å². The zero-order valence-electron chi connectivity index (χ0n) is 24.8. The van der Waals surface area contributed by atoms with Gasteiger partial charge in [-0.25, -0.2) is 9.59 Å². The summed E-state index contributed by atoms with van der Waals surface area (Å²) in [6.45, 7) is 0. The van der Waals surface area contributed by atoms with Crippen LogP contribution >= 0.6 is 20.3 Å². The minimum absolute atomic E-state index is 0.0319. The summed E-state index contributed by atoms with van der Waals surface area (Å²) in [5.41, 5.74) is 4.49. The number of carbonyl (C=O) groups is 2. The first-order valence-electron chi connectivity index (χ1n) is 14.3. The maximum Gasteiger partial charge on any atom is 0.342 e. The minimum Gasteiger partial charge on any atom is -0.467 e. The van der Waals surface area contributed by atoms with Crippen LogP contribution in [0.3, 0.4) is 0 Å². The Morgan fingerprint density at radius 3 is 2.18 bits per heavy atom. The Kier molecular flexibility index (Phi) is 10.1. The summed E-state index contributed by atoms with van der Waals surface area (Å²) in [7, 11) is 2.06. The molecule has 44 heavy (non-hydrogen) atoms. The number of nitrogens with two attached hydrogens (primary N) is 1. The van der Waals surface area contributed by atoms with Crippen molar-refractivity contribution in [2.24, 2.45) is 5.50 Å². The van der Waals surface area contributed by atoms with E-state index in [0.717, 1.165) is 5.75 Å². The van der Waals surface area contributed by atoms with E-state index in [4.69, 9.17) is 24.2 Å². The Morgan fingerprint density at radius 1 is 1.00 bits per heavy atom. The van der Waals surface area contributed by atoms with E-state index < -0.39 is 31.6 Å². The van der Waals surface area contributed by atoms with Crippen molar-refractivity contribution in [3.63, 3.8) is 0 Å². The molecule has 2 heterocycles. The van der Waals surface area contributed by atoms with Crippen LogP contribution in [0.4, 0.5) is 4.79 Å². The van der Waals surface area contributed by atoms with Crippen LogP contribution < -0.4 is 20.7 Å². The number of nitrogens with one attached hydrogen (secondary N) is 2. The second kappa shape index (κ2) is 13.9. The van der Waals surface area contributed by atoms with Gasteiger partial charge in [-0.05, 0) is 30.0 Å². The number of fused-ring (bicyclic) bond motifs is 1. The lowest BCUT2D eigenvalue weighted by Crippen LogP contribution is -2.67. The number of thioether (sulfide) groups is 1. The van der Waals surface area contributed by atoms with Crippen LogP contribution in [-0.4, -0.2) is 73.0 Å². The largest absolute Gasteiger partial charge is 0.467 e. The molecule has 5 rings (SSSR count). The second-order valence-corrected chi connectivity index (χ2v) is 12.8. The summed E-state index contributed by atoms with van der Waals surface area (Å²) in [4.78, 5) is 36.9. The lowest BCUT2D eigenvalue weighted by Gasteiger charge is -2.52. The van der Waals surface area contributed by atoms with Gasteiger partial charge in [-0.2, -0.15) is 11.8 Å². The van der Waals surface area contributed by atoms with Crippen LogP contribution in [0, 0.1) is 0 Å². The van der Waals surface area contributed by atoms with Crippen molar-refractivity contribution >= 4 is 32.3 Å². The molecular formula is C32H38N3O7PS. The Morgan fingerprint density at radius 2 is 1.61 bits per heavy atom. The Bertz CT molecular complexity index is 1390. The first-order valence-corrected chi connectivity index (χ1v) is 16.6. The van der Waals surface area contributed by atoms with Gasteiger partial charge in [-0.15, -0.1) is 0 Å². The molecule has 2 saturated heterocycles. The summed E-state index contributed by atoms with van der Waals surface area (Å²) in [6, 6.07) is 26.1. The fourth-order valence-electron chi connectivity index (χ4n) is 6.93. The molecule has 0 spiro atoms. The van der Waals surface area contributed by atoms with Crippen molar-refractivity contribution in [2.75, 3.05) is 27.1 Å². The Hall–Kier alpha value is -3.18. The van der Waals surface area contributed by atoms with Gasteiger partial charge in [-0.1, -0.05) is 78.9 Å². The summed E-state index contributed by atoms with van der Waals surface area (Å²) < 4.78 is 24.3. The van der Waals surface area contributed by atoms with E-state index in [0.29, 0.717) is 29.5 Å². The smallest absolute Gasteiger partial charge is 0.342 e. The highest BCUT2D eigenvalue weighted by molar-refractivity contribution is 8.00. The molecule has 234 valence electrons. The molecule has 3 unspecified atom stereocenters. The Labute approximate surface area is 263 Å². The molecule has 2 aliphatic rings. The van der Waals surface area contributed by atoms with Crippen molar-refractivity contribution in [3.8, 4) is 5.75 Å². The molecule has 5 N–H and O–H groups in total. The number of ether oxygens (including phenoxy) is 3. The van der Waals surface area contributed by atoms with E-state index in [-0.39, 0.29) is 29.1 Å². The third-order valence-electron chi connectivity index (χ3n) is 8.65. The van der Waals surface area contributed by atoms with Crippen LogP contribution in [0.1, 0.15) is 29.5 Å². The van der Waals surface area contributed by atoms with Gasteiger partial charge in [0.2, 0.25) is 5.60 Å². The predicted octanol–water partition coefficient (Wildman–Crippen LogP) is 4.10. The lowest BCUT2D eigenvalue weighted by molar-refractivity contribution is -0.196. The number of amides is 2. The fourth-order valence-corrected chi connectivity index (χ4v) is 8.80. The first kappa shape index (κ1) is 32.2. The standard InChI is InChI=1S/C32H38N3O7PS/c1-39-27(19-18-26-28-24(20-44-26)34-30(37)35-28)32(41-3,29(36)40-2)31(21-12-6-4-7-13-21,22-14-8-5-9-15-22)23-16-10-11-17-25(23)42-43(33)38/h4-17,24,26-28,38H,18-20,33H2,1-3H3,(H2,34,35,37)/t24-,26-,27?,28-,32?,43?/m0/s1. The molecule has 2 aliphatic heterocycles. The maximum atomic E-state index is 14.6. The van der Waals surface area contributed by atoms with E-state index >= 15 is 0 Å². The van der Waals surface area contributed by atoms with Gasteiger partial charge >= 0.3 is 20.5 Å². The quantitative estimate of drug-likeness (QED) is 0.0942. The molecule has 12 heteroatoms. The molecule has 0 radical (unpaired) electrons. The van der Waals surface area contributed by atoms with Gasteiger partial charge in [0.1, 0.15) is 5.75 Å². The average molecular weight is 640 g/mol. The number of carbonyl (C=O) groups excluding carboxylic acids is 2. The SMILES string of the molecule is COC(=O)C(OC)(C(CC[C@@H]1SC[C@@H]2NC(=O)N[C@@H]21)OC)C(c1ccccc1)(c1ccccc1)c1ccccc1OP(N)O. The van der Waals surface area contributed by atoms with Gasteiger partial charge in [0, 0.05) is 30.8 Å². The van der Waals surface area contributed by atoms with Gasteiger partial charge < -0.3 is 34.3 Å². The van der Waals surface area contributed by atoms with Crippen LogP contribution in [-0.2, 0) is 24.4 Å². The molecular weight excluding hydrogens is 601 g/mol. The monoisotopic (exact) mass is 639 g/mol. The predicted molar refractivity (Wildman–Crippen MR) is 170 cm³/mol. The van der Waals surface area contributed by atoms with Gasteiger partial charge in [0.25, 0.3) is 0 Å². The molecule has 2 fully saturated rings. The molecule has 0 aromatic heterocycles. The highest BCUT2D eigenvalue weighted by Crippen LogP contribution is 2.55.